The highest BCUT2D eigenvalue weighted by atomic mass is 32.2. The van der Waals surface area contributed by atoms with Crippen LogP contribution in [0.5, 0.6) is 0 Å². The Morgan fingerprint density at radius 2 is 1.82 bits per heavy atom. The van der Waals surface area contributed by atoms with Crippen molar-refractivity contribution in [2.45, 2.75) is 11.8 Å². The van der Waals surface area contributed by atoms with Crippen LogP contribution in [0.25, 0.3) is 6.08 Å². The first kappa shape index (κ1) is 8.41. The van der Waals surface area contributed by atoms with E-state index in [0.717, 1.165) is 0 Å². The lowest BCUT2D eigenvalue weighted by Crippen LogP contribution is -1.71. The van der Waals surface area contributed by atoms with E-state index in [1.54, 1.807) is 11.8 Å². The van der Waals surface area contributed by atoms with Crippen molar-refractivity contribution in [1.29, 1.82) is 0 Å². The number of hydrogen-bond acceptors (Lipinski definition) is 1. The van der Waals surface area contributed by atoms with Gasteiger partial charge in [0.1, 0.15) is 0 Å². The third kappa shape index (κ3) is 2.43. The molecule has 0 saturated heterocycles. The molecule has 0 amide bonds. The van der Waals surface area contributed by atoms with E-state index in [0.29, 0.717) is 0 Å². The second-order valence-electron chi connectivity index (χ2n) is 2.27. The average molecular weight is 164 g/mol. The molecule has 58 valence electrons. The maximum atomic E-state index is 2.14. The van der Waals surface area contributed by atoms with Crippen LogP contribution in [0.2, 0.25) is 0 Å². The van der Waals surface area contributed by atoms with Gasteiger partial charge >= 0.3 is 0 Å². The molecular formula is C10H12S. The Hall–Kier alpha value is -0.690. The molecule has 0 unspecified atom stereocenters. The van der Waals surface area contributed by atoms with Crippen molar-refractivity contribution in [3.63, 3.8) is 0 Å². The number of hydrogen-bond donors (Lipinski definition) is 0. The largest absolute Gasteiger partial charge is 0.130 e. The predicted molar refractivity (Wildman–Crippen MR) is 52.9 cm³/mol. The number of allylic oxidation sites excluding steroid dienone is 1. The van der Waals surface area contributed by atoms with Crippen LogP contribution in [0.15, 0.2) is 35.2 Å². The van der Waals surface area contributed by atoms with E-state index in [9.17, 15) is 0 Å². The van der Waals surface area contributed by atoms with Gasteiger partial charge in [0.2, 0.25) is 0 Å². The first-order valence-corrected chi connectivity index (χ1v) is 4.86. The predicted octanol–water partition coefficient (Wildman–Crippen LogP) is 3.44. The summed E-state index contributed by atoms with van der Waals surface area (Å²) in [4.78, 5) is 1.32. The summed E-state index contributed by atoms with van der Waals surface area (Å²) < 4.78 is 0. The summed E-state index contributed by atoms with van der Waals surface area (Å²) in [6.07, 6.45) is 6.24. The second kappa shape index (κ2) is 4.24. The topological polar surface area (TPSA) is 0 Å². The van der Waals surface area contributed by atoms with Crippen molar-refractivity contribution in [2.24, 2.45) is 0 Å². The third-order valence-corrected chi connectivity index (χ3v) is 2.22. The molecule has 0 radical (unpaired) electrons. The highest BCUT2D eigenvalue weighted by molar-refractivity contribution is 7.98. The van der Waals surface area contributed by atoms with Crippen molar-refractivity contribution in [3.05, 3.63) is 35.9 Å². The van der Waals surface area contributed by atoms with Gasteiger partial charge < -0.3 is 0 Å². The minimum absolute atomic E-state index is 1.27. The van der Waals surface area contributed by atoms with Crippen LogP contribution in [0, 0.1) is 0 Å². The summed E-state index contributed by atoms with van der Waals surface area (Å²) in [5.41, 5.74) is 1.27. The normalized spacial score (nSPS) is 10.7. The fourth-order valence-corrected chi connectivity index (χ4v) is 1.32. The summed E-state index contributed by atoms with van der Waals surface area (Å²) in [6.45, 7) is 2.03. The summed E-state index contributed by atoms with van der Waals surface area (Å²) in [6, 6.07) is 8.54. The zero-order valence-electron chi connectivity index (χ0n) is 6.87. The van der Waals surface area contributed by atoms with Crippen molar-refractivity contribution in [2.75, 3.05) is 6.26 Å². The SMILES string of the molecule is C/C=C/c1ccc(SC)cc1. The standard InChI is InChI=1S/C10H12S/c1-3-4-9-5-7-10(11-2)8-6-9/h3-8H,1-2H3/b4-3+. The maximum absolute atomic E-state index is 2.14. The average Bonchev–Trinajstić information content (AvgIpc) is 2.07. The summed E-state index contributed by atoms with van der Waals surface area (Å²) in [5.74, 6) is 0. The molecule has 0 aliphatic carbocycles. The van der Waals surface area contributed by atoms with E-state index < -0.39 is 0 Å². The first-order chi connectivity index (χ1) is 5.36. The van der Waals surface area contributed by atoms with Gasteiger partial charge in [0, 0.05) is 4.90 Å². The summed E-state index contributed by atoms with van der Waals surface area (Å²) in [7, 11) is 0. The maximum Gasteiger partial charge on any atom is 0.00695 e. The van der Waals surface area contributed by atoms with Crippen molar-refractivity contribution in [3.8, 4) is 0 Å². The van der Waals surface area contributed by atoms with Crippen LogP contribution in [-0.2, 0) is 0 Å². The van der Waals surface area contributed by atoms with Gasteiger partial charge in [-0.25, -0.2) is 0 Å². The lowest BCUT2D eigenvalue weighted by atomic mass is 10.2. The Morgan fingerprint density at radius 1 is 1.18 bits per heavy atom. The fraction of sp³-hybridized carbons (Fsp3) is 0.200. The van der Waals surface area contributed by atoms with Crippen LogP contribution < -0.4 is 0 Å². The minimum atomic E-state index is 1.27. The Kier molecular flexibility index (Phi) is 3.24. The summed E-state index contributed by atoms with van der Waals surface area (Å²) >= 11 is 1.77. The van der Waals surface area contributed by atoms with Gasteiger partial charge in [0.05, 0.1) is 0 Å². The molecule has 1 heteroatoms. The van der Waals surface area contributed by atoms with Gasteiger partial charge in [-0.3, -0.25) is 0 Å². The van der Waals surface area contributed by atoms with Crippen LogP contribution in [0.4, 0.5) is 0 Å². The van der Waals surface area contributed by atoms with E-state index >= 15 is 0 Å². The molecule has 0 fully saturated rings. The van der Waals surface area contributed by atoms with Crippen molar-refractivity contribution >= 4 is 17.8 Å². The molecule has 0 atom stereocenters. The van der Waals surface area contributed by atoms with Crippen LogP contribution in [0.3, 0.4) is 0 Å². The van der Waals surface area contributed by atoms with Gasteiger partial charge in [0.25, 0.3) is 0 Å². The lowest BCUT2D eigenvalue weighted by Gasteiger charge is -1.95. The van der Waals surface area contributed by atoms with E-state index in [-0.39, 0.29) is 0 Å². The summed E-state index contributed by atoms with van der Waals surface area (Å²) in [5, 5.41) is 0. The second-order valence-corrected chi connectivity index (χ2v) is 3.15. The van der Waals surface area contributed by atoms with Gasteiger partial charge in [-0.1, -0.05) is 24.3 Å². The molecule has 1 aromatic carbocycles. The van der Waals surface area contributed by atoms with Gasteiger partial charge in [0.15, 0.2) is 0 Å². The Bertz CT molecular complexity index is 234. The quantitative estimate of drug-likeness (QED) is 0.603. The molecule has 1 aromatic rings. The monoisotopic (exact) mass is 164 g/mol. The molecule has 0 nitrogen and oxygen atoms in total. The molecule has 0 saturated carbocycles. The number of rotatable bonds is 2. The zero-order valence-corrected chi connectivity index (χ0v) is 7.69. The molecule has 0 aromatic heterocycles. The Labute approximate surface area is 72.3 Å². The molecule has 0 heterocycles. The molecular weight excluding hydrogens is 152 g/mol. The fourth-order valence-electron chi connectivity index (χ4n) is 0.907. The molecule has 0 N–H and O–H groups in total. The number of thioether (sulfide) groups is 1. The van der Waals surface area contributed by atoms with E-state index in [1.807, 2.05) is 13.0 Å². The molecule has 1 rings (SSSR count). The van der Waals surface area contributed by atoms with Crippen LogP contribution >= 0.6 is 11.8 Å². The van der Waals surface area contributed by atoms with E-state index in [2.05, 4.69) is 36.6 Å². The van der Waals surface area contributed by atoms with E-state index in [1.165, 1.54) is 10.5 Å². The van der Waals surface area contributed by atoms with E-state index in [4.69, 9.17) is 0 Å². The van der Waals surface area contributed by atoms with Crippen molar-refractivity contribution in [1.82, 2.24) is 0 Å². The Balaban J connectivity index is 2.82. The highest BCUT2D eigenvalue weighted by Crippen LogP contribution is 2.15. The van der Waals surface area contributed by atoms with Gasteiger partial charge in [-0.2, -0.15) is 0 Å². The first-order valence-electron chi connectivity index (χ1n) is 3.63. The molecule has 0 aliphatic heterocycles. The molecule has 11 heavy (non-hydrogen) atoms. The third-order valence-electron chi connectivity index (χ3n) is 1.47. The highest BCUT2D eigenvalue weighted by Gasteiger charge is 1.87. The van der Waals surface area contributed by atoms with Gasteiger partial charge in [-0.05, 0) is 30.9 Å². The number of benzene rings is 1. The smallest absolute Gasteiger partial charge is 0.00695 e. The minimum Gasteiger partial charge on any atom is -0.130 e. The van der Waals surface area contributed by atoms with Crippen LogP contribution in [0.1, 0.15) is 12.5 Å². The Morgan fingerprint density at radius 3 is 2.27 bits per heavy atom. The molecule has 0 spiro atoms. The van der Waals surface area contributed by atoms with Crippen molar-refractivity contribution < 1.29 is 0 Å². The van der Waals surface area contributed by atoms with Crippen LogP contribution in [-0.4, -0.2) is 6.26 Å². The lowest BCUT2D eigenvalue weighted by molar-refractivity contribution is 1.45. The molecule has 0 bridgehead atoms. The zero-order chi connectivity index (χ0) is 8.10. The van der Waals surface area contributed by atoms with Gasteiger partial charge in [-0.15, -0.1) is 11.8 Å². The molecule has 0 aliphatic rings.